The van der Waals surface area contributed by atoms with Crippen LogP contribution in [-0.4, -0.2) is 23.8 Å². The van der Waals surface area contributed by atoms with Crippen molar-refractivity contribution in [1.29, 1.82) is 0 Å². The molecule has 0 aliphatic heterocycles. The van der Waals surface area contributed by atoms with Crippen molar-refractivity contribution < 1.29 is 50.5 Å². The number of alkyl halides is 6. The van der Waals surface area contributed by atoms with Crippen LogP contribution in [0.25, 0.3) is 0 Å². The average Bonchev–Trinajstić information content (AvgIpc) is 2.90. The van der Waals surface area contributed by atoms with Crippen LogP contribution in [0.4, 0.5) is 32.0 Å². The molecule has 0 radical (unpaired) electrons. The van der Waals surface area contributed by atoms with Gasteiger partial charge in [0.25, 0.3) is 0 Å². The average molecular weight is 592 g/mol. The number of nitrogens with zero attached hydrogens (tertiary/aromatic N) is 1. The zero-order valence-corrected chi connectivity index (χ0v) is 21.6. The SMILES string of the molecule is O=C(O)[C@@H](Oc1ccc(N(Cc2cccc(OC(F)(F)F)c2)Cc2cccc(OC(F)(F)F)c2)cc1)c1ccccc1. The van der Waals surface area contributed by atoms with Crippen LogP contribution in [0.5, 0.6) is 17.2 Å². The second kappa shape index (κ2) is 12.8. The van der Waals surface area contributed by atoms with Crippen molar-refractivity contribution in [2.24, 2.45) is 0 Å². The number of carboxylic acid groups (broad SMARTS) is 1. The third kappa shape index (κ3) is 9.08. The summed E-state index contributed by atoms with van der Waals surface area (Å²) in [6.07, 6.45) is -11.1. The van der Waals surface area contributed by atoms with E-state index in [1.807, 2.05) is 0 Å². The van der Waals surface area contributed by atoms with Crippen LogP contribution in [0, 0.1) is 0 Å². The van der Waals surface area contributed by atoms with E-state index in [2.05, 4.69) is 9.47 Å². The zero-order chi connectivity index (χ0) is 30.3. The summed E-state index contributed by atoms with van der Waals surface area (Å²) in [6.45, 7) is 0.0861. The molecule has 0 fully saturated rings. The summed E-state index contributed by atoms with van der Waals surface area (Å²) in [5.74, 6) is -1.82. The lowest BCUT2D eigenvalue weighted by Crippen LogP contribution is -2.23. The van der Waals surface area contributed by atoms with Crippen molar-refractivity contribution in [3.63, 3.8) is 0 Å². The maximum absolute atomic E-state index is 12.8. The van der Waals surface area contributed by atoms with Gasteiger partial charge in [0.2, 0.25) is 6.10 Å². The Labute approximate surface area is 236 Å². The number of hydrogen-bond acceptors (Lipinski definition) is 5. The van der Waals surface area contributed by atoms with Gasteiger partial charge in [0.05, 0.1) is 0 Å². The van der Waals surface area contributed by atoms with E-state index in [1.165, 1.54) is 36.4 Å². The minimum atomic E-state index is -4.89. The molecule has 0 amide bonds. The van der Waals surface area contributed by atoms with Crippen LogP contribution in [0.2, 0.25) is 0 Å². The van der Waals surface area contributed by atoms with Gasteiger partial charge in [-0.3, -0.25) is 0 Å². The standard InChI is InChI=1S/C30H23F6NO5/c31-29(32,33)41-25-10-4-6-20(16-25)18-37(19-21-7-5-11-26(17-21)42-30(34,35)36)23-12-14-24(15-13-23)40-27(28(38)39)22-8-2-1-3-9-22/h1-17,27H,18-19H2,(H,38,39)/t27-/m0/s1. The largest absolute Gasteiger partial charge is 0.573 e. The van der Waals surface area contributed by atoms with Gasteiger partial charge >= 0.3 is 18.7 Å². The number of aliphatic carboxylic acids is 1. The summed E-state index contributed by atoms with van der Waals surface area (Å²) in [6, 6.07) is 25.2. The van der Waals surface area contributed by atoms with E-state index in [1.54, 1.807) is 59.5 Å². The second-order valence-corrected chi connectivity index (χ2v) is 8.99. The number of hydrogen-bond donors (Lipinski definition) is 1. The first-order valence-electron chi connectivity index (χ1n) is 12.3. The predicted molar refractivity (Wildman–Crippen MR) is 140 cm³/mol. The number of carboxylic acids is 1. The minimum Gasteiger partial charge on any atom is -0.478 e. The molecule has 0 spiro atoms. The summed E-state index contributed by atoms with van der Waals surface area (Å²) in [4.78, 5) is 13.5. The van der Waals surface area contributed by atoms with Crippen LogP contribution in [-0.2, 0) is 17.9 Å². The number of anilines is 1. The highest BCUT2D eigenvalue weighted by atomic mass is 19.4. The summed E-state index contributed by atoms with van der Waals surface area (Å²) in [5.41, 5.74) is 1.81. The number of benzene rings is 4. The minimum absolute atomic E-state index is 0.0430. The van der Waals surface area contributed by atoms with Gasteiger partial charge in [-0.25, -0.2) is 4.79 Å². The molecular weight excluding hydrogens is 568 g/mol. The molecule has 0 aliphatic carbocycles. The maximum atomic E-state index is 12.8. The summed E-state index contributed by atoms with van der Waals surface area (Å²) < 4.78 is 90.3. The monoisotopic (exact) mass is 591 g/mol. The van der Waals surface area contributed by atoms with Crippen LogP contribution in [0.3, 0.4) is 0 Å². The number of carbonyl (C=O) groups is 1. The molecule has 0 heterocycles. The van der Waals surface area contributed by atoms with E-state index < -0.39 is 36.3 Å². The molecule has 0 unspecified atom stereocenters. The predicted octanol–water partition coefficient (Wildman–Crippen LogP) is 7.90. The molecule has 4 aromatic carbocycles. The summed E-state index contributed by atoms with van der Waals surface area (Å²) >= 11 is 0. The molecule has 6 nitrogen and oxygen atoms in total. The smallest absolute Gasteiger partial charge is 0.478 e. The van der Waals surface area contributed by atoms with Gasteiger partial charge in [-0.1, -0.05) is 54.6 Å². The Morgan fingerprint density at radius 3 is 1.62 bits per heavy atom. The Balaban J connectivity index is 1.61. The number of halogens is 6. The van der Waals surface area contributed by atoms with E-state index in [0.29, 0.717) is 22.4 Å². The Kier molecular flexibility index (Phi) is 9.14. The van der Waals surface area contributed by atoms with Gasteiger partial charge in [0.15, 0.2) is 0 Å². The first-order chi connectivity index (χ1) is 19.8. The van der Waals surface area contributed by atoms with Crippen molar-refractivity contribution >= 4 is 11.7 Å². The van der Waals surface area contributed by atoms with Gasteiger partial charge in [-0.2, -0.15) is 0 Å². The van der Waals surface area contributed by atoms with Gasteiger partial charge in [0.1, 0.15) is 17.2 Å². The Morgan fingerprint density at radius 2 is 1.17 bits per heavy atom. The molecule has 12 heteroatoms. The summed E-state index contributed by atoms with van der Waals surface area (Å²) in [5, 5.41) is 9.65. The number of rotatable bonds is 11. The molecule has 0 bridgehead atoms. The van der Waals surface area contributed by atoms with E-state index in [9.17, 15) is 36.2 Å². The highest BCUT2D eigenvalue weighted by Crippen LogP contribution is 2.30. The summed E-state index contributed by atoms with van der Waals surface area (Å²) in [7, 11) is 0. The van der Waals surface area contributed by atoms with Gasteiger partial charge < -0.3 is 24.2 Å². The molecule has 42 heavy (non-hydrogen) atoms. The van der Waals surface area contributed by atoms with Crippen LogP contribution in [0.15, 0.2) is 103 Å². The fraction of sp³-hybridized carbons (Fsp3) is 0.167. The van der Waals surface area contributed by atoms with Crippen molar-refractivity contribution in [3.8, 4) is 17.2 Å². The normalized spacial score (nSPS) is 12.3. The molecule has 0 saturated carbocycles. The number of ether oxygens (including phenoxy) is 3. The lowest BCUT2D eigenvalue weighted by Gasteiger charge is -2.26. The molecule has 1 atom stereocenters. The molecule has 4 aromatic rings. The van der Waals surface area contributed by atoms with Gasteiger partial charge in [0, 0.05) is 24.3 Å². The first kappa shape index (κ1) is 30.1. The van der Waals surface area contributed by atoms with E-state index in [-0.39, 0.29) is 18.8 Å². The molecular formula is C30H23F6NO5. The Hall–Kier alpha value is -4.87. The van der Waals surface area contributed by atoms with E-state index in [0.717, 1.165) is 12.1 Å². The lowest BCUT2D eigenvalue weighted by molar-refractivity contribution is -0.275. The Bertz CT molecular complexity index is 1410. The topological polar surface area (TPSA) is 68.2 Å². The van der Waals surface area contributed by atoms with Crippen molar-refractivity contribution in [1.82, 2.24) is 0 Å². The molecule has 1 N–H and O–H groups in total. The molecule has 0 aromatic heterocycles. The first-order valence-corrected chi connectivity index (χ1v) is 12.3. The Morgan fingerprint density at radius 1 is 0.667 bits per heavy atom. The third-order valence-corrected chi connectivity index (χ3v) is 5.79. The molecule has 0 saturated heterocycles. The van der Waals surface area contributed by atoms with E-state index in [4.69, 9.17) is 4.74 Å². The zero-order valence-electron chi connectivity index (χ0n) is 21.6. The van der Waals surface area contributed by atoms with Crippen molar-refractivity contribution in [3.05, 3.63) is 120 Å². The van der Waals surface area contributed by atoms with Crippen LogP contribution in [0.1, 0.15) is 22.8 Å². The van der Waals surface area contributed by atoms with Crippen molar-refractivity contribution in [2.75, 3.05) is 4.90 Å². The van der Waals surface area contributed by atoms with Crippen molar-refractivity contribution in [2.45, 2.75) is 31.9 Å². The van der Waals surface area contributed by atoms with Gasteiger partial charge in [-0.15, -0.1) is 26.3 Å². The second-order valence-electron chi connectivity index (χ2n) is 8.99. The molecule has 4 rings (SSSR count). The molecule has 220 valence electrons. The van der Waals surface area contributed by atoms with Crippen LogP contribution >= 0.6 is 0 Å². The lowest BCUT2D eigenvalue weighted by atomic mass is 10.1. The quantitative estimate of drug-likeness (QED) is 0.179. The van der Waals surface area contributed by atoms with E-state index >= 15 is 0 Å². The fourth-order valence-corrected chi connectivity index (χ4v) is 4.12. The van der Waals surface area contributed by atoms with Crippen LogP contribution < -0.4 is 19.1 Å². The van der Waals surface area contributed by atoms with Gasteiger partial charge in [-0.05, 0) is 59.7 Å². The highest BCUT2D eigenvalue weighted by Gasteiger charge is 2.32. The third-order valence-electron chi connectivity index (χ3n) is 5.79. The highest BCUT2D eigenvalue weighted by molar-refractivity contribution is 5.74. The molecule has 0 aliphatic rings. The fourth-order valence-electron chi connectivity index (χ4n) is 4.12. The maximum Gasteiger partial charge on any atom is 0.573 e.